The van der Waals surface area contributed by atoms with Crippen LogP contribution < -0.4 is 4.90 Å². The molecule has 4 heteroatoms. The van der Waals surface area contributed by atoms with E-state index in [0.29, 0.717) is 10.0 Å². The molecule has 0 saturated carbocycles. The summed E-state index contributed by atoms with van der Waals surface area (Å²) >= 11 is 13.3. The first-order valence-electron chi connectivity index (χ1n) is 11.5. The Bertz CT molecular complexity index is 1630. The maximum atomic E-state index is 6.78. The van der Waals surface area contributed by atoms with E-state index in [1.807, 2.05) is 31.2 Å². The zero-order chi connectivity index (χ0) is 23.9. The second-order valence-electron chi connectivity index (χ2n) is 8.64. The molecule has 0 unspecified atom stereocenters. The summed E-state index contributed by atoms with van der Waals surface area (Å²) < 4.78 is 2.32. The largest absolute Gasteiger partial charge is 0.309 e. The van der Waals surface area contributed by atoms with E-state index in [1.54, 1.807) is 0 Å². The van der Waals surface area contributed by atoms with Crippen LogP contribution in [0.4, 0.5) is 17.1 Å². The summed E-state index contributed by atoms with van der Waals surface area (Å²) in [5.74, 6) is 0. The van der Waals surface area contributed by atoms with Gasteiger partial charge in [0.15, 0.2) is 0 Å². The van der Waals surface area contributed by atoms with E-state index < -0.39 is 0 Å². The fraction of sp³-hybridized carbons (Fsp3) is 0.0323. The van der Waals surface area contributed by atoms with Gasteiger partial charge in [0, 0.05) is 27.8 Å². The molecule has 0 atom stereocenters. The minimum atomic E-state index is 0.531. The lowest BCUT2D eigenvalue weighted by atomic mass is 10.1. The number of para-hydroxylation sites is 3. The fourth-order valence-corrected chi connectivity index (χ4v) is 5.31. The van der Waals surface area contributed by atoms with Gasteiger partial charge in [-0.1, -0.05) is 83.9 Å². The highest BCUT2D eigenvalue weighted by Crippen LogP contribution is 2.43. The van der Waals surface area contributed by atoms with Crippen molar-refractivity contribution in [3.8, 4) is 5.69 Å². The normalized spacial score (nSPS) is 11.3. The SMILES string of the molecule is Cc1cc(Cl)c(Cl)c(N(c2ccccc2)c2cccc(-n3c4ccccc4c4ccccc43)c2)c1. The third-order valence-electron chi connectivity index (χ3n) is 6.33. The minimum Gasteiger partial charge on any atom is -0.309 e. The number of hydrogen-bond acceptors (Lipinski definition) is 1. The van der Waals surface area contributed by atoms with Crippen LogP contribution >= 0.6 is 23.2 Å². The zero-order valence-electron chi connectivity index (χ0n) is 19.1. The van der Waals surface area contributed by atoms with Crippen molar-refractivity contribution in [3.63, 3.8) is 0 Å². The summed E-state index contributed by atoms with van der Waals surface area (Å²) in [6, 6.07) is 39.9. The van der Waals surface area contributed by atoms with E-state index in [4.69, 9.17) is 23.2 Å². The van der Waals surface area contributed by atoms with E-state index in [-0.39, 0.29) is 0 Å². The molecular weight excluding hydrogens is 471 g/mol. The van der Waals surface area contributed by atoms with Gasteiger partial charge in [0.05, 0.1) is 26.8 Å². The van der Waals surface area contributed by atoms with E-state index in [0.717, 1.165) is 28.3 Å². The van der Waals surface area contributed by atoms with Crippen LogP contribution in [0.15, 0.2) is 115 Å². The molecule has 170 valence electrons. The van der Waals surface area contributed by atoms with Gasteiger partial charge >= 0.3 is 0 Å². The Hall–Kier alpha value is -3.72. The molecule has 1 heterocycles. The Labute approximate surface area is 214 Å². The highest BCUT2D eigenvalue weighted by atomic mass is 35.5. The zero-order valence-corrected chi connectivity index (χ0v) is 20.6. The topological polar surface area (TPSA) is 8.17 Å². The molecular formula is C31H22Cl2N2. The van der Waals surface area contributed by atoms with E-state index in [9.17, 15) is 0 Å². The van der Waals surface area contributed by atoms with Crippen molar-refractivity contribution in [2.45, 2.75) is 6.92 Å². The molecule has 0 aliphatic heterocycles. The Morgan fingerprint density at radius 3 is 1.89 bits per heavy atom. The maximum absolute atomic E-state index is 6.78. The van der Waals surface area contributed by atoms with Gasteiger partial charge in [0.2, 0.25) is 0 Å². The lowest BCUT2D eigenvalue weighted by Crippen LogP contribution is -2.11. The second-order valence-corrected chi connectivity index (χ2v) is 9.43. The number of rotatable bonds is 4. The number of aromatic nitrogens is 1. The standard InChI is InChI=1S/C31H22Cl2N2/c1-21-18-27(32)31(33)30(19-21)34(22-10-3-2-4-11-22)23-12-9-13-24(20-23)35-28-16-7-5-14-25(28)26-15-6-8-17-29(26)35/h2-20H,1H3. The average Bonchev–Trinajstić information content (AvgIpc) is 3.22. The summed E-state index contributed by atoms with van der Waals surface area (Å²) in [4.78, 5) is 2.17. The van der Waals surface area contributed by atoms with Gasteiger partial charge < -0.3 is 9.47 Å². The van der Waals surface area contributed by atoms with Crippen molar-refractivity contribution in [2.75, 3.05) is 4.90 Å². The summed E-state index contributed by atoms with van der Waals surface area (Å²) in [6.07, 6.45) is 0. The van der Waals surface area contributed by atoms with Crippen molar-refractivity contribution >= 4 is 62.1 Å². The molecule has 6 aromatic rings. The molecule has 0 bridgehead atoms. The Kier molecular flexibility index (Phi) is 5.49. The number of aryl methyl sites for hydroxylation is 1. The number of hydrogen-bond donors (Lipinski definition) is 0. The van der Waals surface area contributed by atoms with Gasteiger partial charge in [-0.3, -0.25) is 0 Å². The monoisotopic (exact) mass is 492 g/mol. The van der Waals surface area contributed by atoms with Gasteiger partial charge in [0.1, 0.15) is 0 Å². The molecule has 5 aromatic carbocycles. The average molecular weight is 493 g/mol. The van der Waals surface area contributed by atoms with E-state index in [1.165, 1.54) is 21.8 Å². The van der Waals surface area contributed by atoms with Crippen molar-refractivity contribution in [1.82, 2.24) is 4.57 Å². The van der Waals surface area contributed by atoms with Crippen molar-refractivity contribution in [2.24, 2.45) is 0 Å². The predicted octanol–water partition coefficient (Wildman–Crippen LogP) is 9.87. The van der Waals surface area contributed by atoms with Crippen LogP contribution in [0.5, 0.6) is 0 Å². The number of benzene rings is 5. The van der Waals surface area contributed by atoms with Crippen LogP contribution in [0.2, 0.25) is 10.0 Å². The molecule has 0 fully saturated rings. The first-order valence-corrected chi connectivity index (χ1v) is 12.3. The first-order chi connectivity index (χ1) is 17.1. The number of anilines is 3. The minimum absolute atomic E-state index is 0.531. The Balaban J connectivity index is 1.61. The van der Waals surface area contributed by atoms with Crippen molar-refractivity contribution in [1.29, 1.82) is 0 Å². The smallest absolute Gasteiger partial charge is 0.0832 e. The third-order valence-corrected chi connectivity index (χ3v) is 7.13. The lowest BCUT2D eigenvalue weighted by molar-refractivity contribution is 1.17. The fourth-order valence-electron chi connectivity index (χ4n) is 4.85. The maximum Gasteiger partial charge on any atom is 0.0832 e. The molecule has 1 aromatic heterocycles. The summed E-state index contributed by atoms with van der Waals surface area (Å²) in [5.41, 5.74) is 7.34. The van der Waals surface area contributed by atoms with Crippen molar-refractivity contribution < 1.29 is 0 Å². The van der Waals surface area contributed by atoms with E-state index in [2.05, 4.69) is 100 Å². The Morgan fingerprint density at radius 1 is 0.600 bits per heavy atom. The van der Waals surface area contributed by atoms with Gasteiger partial charge in [-0.25, -0.2) is 0 Å². The highest BCUT2D eigenvalue weighted by molar-refractivity contribution is 6.44. The quantitative estimate of drug-likeness (QED) is 0.237. The molecule has 0 spiro atoms. The molecule has 0 aliphatic carbocycles. The van der Waals surface area contributed by atoms with Crippen molar-refractivity contribution in [3.05, 3.63) is 131 Å². The summed E-state index contributed by atoms with van der Waals surface area (Å²) in [6.45, 7) is 2.03. The first kappa shape index (κ1) is 21.8. The molecule has 6 rings (SSSR count). The van der Waals surface area contributed by atoms with Gasteiger partial charge in [0.25, 0.3) is 0 Å². The molecule has 2 nitrogen and oxygen atoms in total. The number of fused-ring (bicyclic) bond motifs is 3. The number of halogens is 2. The highest BCUT2D eigenvalue weighted by Gasteiger charge is 2.19. The van der Waals surface area contributed by atoms with Crippen LogP contribution in [0.25, 0.3) is 27.5 Å². The van der Waals surface area contributed by atoms with Crippen LogP contribution in [-0.4, -0.2) is 4.57 Å². The van der Waals surface area contributed by atoms with Crippen LogP contribution in [-0.2, 0) is 0 Å². The van der Waals surface area contributed by atoms with Crippen LogP contribution in [0.3, 0.4) is 0 Å². The third kappa shape index (κ3) is 3.76. The molecule has 0 saturated heterocycles. The summed E-state index contributed by atoms with van der Waals surface area (Å²) in [7, 11) is 0. The predicted molar refractivity (Wildman–Crippen MR) is 150 cm³/mol. The molecule has 35 heavy (non-hydrogen) atoms. The van der Waals surface area contributed by atoms with Crippen LogP contribution in [0, 0.1) is 6.92 Å². The van der Waals surface area contributed by atoms with Crippen LogP contribution in [0.1, 0.15) is 5.56 Å². The molecule has 0 amide bonds. The molecule has 0 aliphatic rings. The molecule has 0 N–H and O–H groups in total. The van der Waals surface area contributed by atoms with Gasteiger partial charge in [-0.05, 0) is 67.1 Å². The second kappa shape index (κ2) is 8.81. The Morgan fingerprint density at radius 2 is 1.20 bits per heavy atom. The number of nitrogens with zero attached hydrogens (tertiary/aromatic N) is 2. The molecule has 0 radical (unpaired) electrons. The van der Waals surface area contributed by atoms with Gasteiger partial charge in [-0.15, -0.1) is 0 Å². The van der Waals surface area contributed by atoms with E-state index >= 15 is 0 Å². The lowest BCUT2D eigenvalue weighted by Gasteiger charge is -2.27. The van der Waals surface area contributed by atoms with Gasteiger partial charge in [-0.2, -0.15) is 0 Å². The summed E-state index contributed by atoms with van der Waals surface area (Å²) in [5, 5.41) is 3.55.